The summed E-state index contributed by atoms with van der Waals surface area (Å²) in [4.78, 5) is 0. The van der Waals surface area contributed by atoms with Crippen LogP contribution in [0.1, 0.15) is 13.8 Å². The molecule has 1 aromatic rings. The van der Waals surface area contributed by atoms with Crippen molar-refractivity contribution in [2.45, 2.75) is 19.9 Å². The van der Waals surface area contributed by atoms with Crippen LogP contribution in [0.25, 0.3) is 0 Å². The van der Waals surface area contributed by atoms with E-state index in [1.54, 1.807) is 0 Å². The van der Waals surface area contributed by atoms with E-state index in [-0.39, 0.29) is 12.5 Å². The zero-order valence-electron chi connectivity index (χ0n) is 10.3. The quantitative estimate of drug-likeness (QED) is 0.760. The molecule has 2 unspecified atom stereocenters. The minimum absolute atomic E-state index is 0.209. The molecule has 4 heteroatoms. The normalized spacial score (nSPS) is 14.4. The second kappa shape index (κ2) is 7.69. The number of aliphatic hydroxyl groups is 1. The molecule has 0 aromatic heterocycles. The lowest BCUT2D eigenvalue weighted by Gasteiger charge is -2.19. The number of aliphatic hydroxyl groups excluding tert-OH is 1. The first-order valence-corrected chi connectivity index (χ1v) is 6.65. The van der Waals surface area contributed by atoms with Gasteiger partial charge < -0.3 is 15.2 Å². The van der Waals surface area contributed by atoms with Gasteiger partial charge in [-0.15, -0.1) is 0 Å². The summed E-state index contributed by atoms with van der Waals surface area (Å²) in [6, 6.07) is 8.09. The Labute approximate surface area is 111 Å². The molecule has 2 N–H and O–H groups in total. The van der Waals surface area contributed by atoms with Gasteiger partial charge in [-0.1, -0.05) is 28.9 Å². The number of halogens is 1. The topological polar surface area (TPSA) is 41.5 Å². The molecule has 0 aliphatic carbocycles. The molecule has 0 spiro atoms. The molecule has 0 saturated heterocycles. The van der Waals surface area contributed by atoms with Gasteiger partial charge in [-0.2, -0.15) is 0 Å². The van der Waals surface area contributed by atoms with Crippen molar-refractivity contribution in [1.29, 1.82) is 0 Å². The van der Waals surface area contributed by atoms with Crippen molar-refractivity contribution in [2.24, 2.45) is 5.92 Å². The van der Waals surface area contributed by atoms with Gasteiger partial charge in [0.15, 0.2) is 0 Å². The van der Waals surface area contributed by atoms with Crippen LogP contribution in [0, 0.1) is 5.92 Å². The summed E-state index contributed by atoms with van der Waals surface area (Å²) < 4.78 is 6.61. The number of ether oxygens (including phenoxy) is 1. The van der Waals surface area contributed by atoms with Crippen molar-refractivity contribution in [3.05, 3.63) is 28.7 Å². The summed E-state index contributed by atoms with van der Waals surface area (Å²) in [5.41, 5.74) is 0. The second-order valence-electron chi connectivity index (χ2n) is 4.21. The molecule has 2 atom stereocenters. The van der Waals surface area contributed by atoms with Gasteiger partial charge in [-0.3, -0.25) is 0 Å². The molecule has 17 heavy (non-hydrogen) atoms. The molecule has 0 aliphatic rings. The van der Waals surface area contributed by atoms with Crippen LogP contribution in [-0.2, 0) is 0 Å². The van der Waals surface area contributed by atoms with E-state index >= 15 is 0 Å². The highest BCUT2D eigenvalue weighted by atomic mass is 79.9. The molecule has 1 aromatic carbocycles. The minimum Gasteiger partial charge on any atom is -0.492 e. The van der Waals surface area contributed by atoms with Crippen LogP contribution in [0.15, 0.2) is 28.7 Å². The van der Waals surface area contributed by atoms with Gasteiger partial charge in [-0.05, 0) is 31.0 Å². The summed E-state index contributed by atoms with van der Waals surface area (Å²) in [5.74, 6) is 1.13. The van der Waals surface area contributed by atoms with Crippen molar-refractivity contribution in [3.63, 3.8) is 0 Å². The molecule has 0 amide bonds. The van der Waals surface area contributed by atoms with Crippen molar-refractivity contribution in [3.8, 4) is 5.75 Å². The fourth-order valence-corrected chi connectivity index (χ4v) is 1.75. The largest absolute Gasteiger partial charge is 0.492 e. The van der Waals surface area contributed by atoms with Gasteiger partial charge in [0.2, 0.25) is 0 Å². The van der Waals surface area contributed by atoms with E-state index in [4.69, 9.17) is 9.84 Å². The van der Waals surface area contributed by atoms with Gasteiger partial charge in [0.25, 0.3) is 0 Å². The van der Waals surface area contributed by atoms with Crippen LogP contribution in [0.5, 0.6) is 5.75 Å². The van der Waals surface area contributed by atoms with E-state index in [1.807, 2.05) is 31.2 Å². The lowest BCUT2D eigenvalue weighted by Crippen LogP contribution is -2.36. The van der Waals surface area contributed by atoms with Crippen LogP contribution < -0.4 is 10.1 Å². The number of rotatable bonds is 7. The third kappa shape index (κ3) is 5.52. The Morgan fingerprint density at radius 2 is 2.18 bits per heavy atom. The molecule has 0 radical (unpaired) electrons. The SMILES string of the molecule is CC(CO)C(C)NCCOc1cccc(Br)c1. The highest BCUT2D eigenvalue weighted by molar-refractivity contribution is 9.10. The Morgan fingerprint density at radius 1 is 1.41 bits per heavy atom. The highest BCUT2D eigenvalue weighted by Crippen LogP contribution is 2.17. The Balaban J connectivity index is 2.20. The van der Waals surface area contributed by atoms with E-state index in [0.717, 1.165) is 16.8 Å². The van der Waals surface area contributed by atoms with Gasteiger partial charge in [0.05, 0.1) is 0 Å². The van der Waals surface area contributed by atoms with Gasteiger partial charge in [0, 0.05) is 23.7 Å². The molecule has 0 aliphatic heterocycles. The first-order valence-electron chi connectivity index (χ1n) is 5.86. The summed E-state index contributed by atoms with van der Waals surface area (Å²) in [5, 5.41) is 12.3. The summed E-state index contributed by atoms with van der Waals surface area (Å²) in [7, 11) is 0. The molecule has 0 bridgehead atoms. The van der Waals surface area contributed by atoms with Crippen LogP contribution in [-0.4, -0.2) is 30.9 Å². The van der Waals surface area contributed by atoms with Gasteiger partial charge >= 0.3 is 0 Å². The number of nitrogens with one attached hydrogen (secondary N) is 1. The Bertz CT molecular complexity index is 333. The Morgan fingerprint density at radius 3 is 2.82 bits per heavy atom. The highest BCUT2D eigenvalue weighted by Gasteiger charge is 2.09. The lowest BCUT2D eigenvalue weighted by atomic mass is 10.1. The minimum atomic E-state index is 0.209. The zero-order chi connectivity index (χ0) is 12.7. The molecule has 0 heterocycles. The van der Waals surface area contributed by atoms with E-state index in [2.05, 4.69) is 28.2 Å². The molecular formula is C13H20BrNO2. The number of benzene rings is 1. The number of hydrogen-bond acceptors (Lipinski definition) is 3. The third-order valence-corrected chi connectivity index (χ3v) is 3.27. The summed E-state index contributed by atoms with van der Waals surface area (Å²) >= 11 is 3.40. The fourth-order valence-electron chi connectivity index (χ4n) is 1.37. The van der Waals surface area contributed by atoms with Crippen LogP contribution in [0.3, 0.4) is 0 Å². The smallest absolute Gasteiger partial charge is 0.120 e. The van der Waals surface area contributed by atoms with Crippen LogP contribution in [0.4, 0.5) is 0 Å². The lowest BCUT2D eigenvalue weighted by molar-refractivity contribution is 0.202. The molecule has 0 fully saturated rings. The maximum atomic E-state index is 8.99. The number of hydrogen-bond donors (Lipinski definition) is 2. The van der Waals surface area contributed by atoms with Crippen molar-refractivity contribution >= 4 is 15.9 Å². The molecule has 0 saturated carbocycles. The van der Waals surface area contributed by atoms with Crippen molar-refractivity contribution in [1.82, 2.24) is 5.32 Å². The Hall–Kier alpha value is -0.580. The predicted molar refractivity (Wildman–Crippen MR) is 73.4 cm³/mol. The summed E-state index contributed by atoms with van der Waals surface area (Å²) in [6.45, 7) is 5.70. The molecule has 3 nitrogen and oxygen atoms in total. The van der Waals surface area contributed by atoms with E-state index in [9.17, 15) is 0 Å². The van der Waals surface area contributed by atoms with E-state index < -0.39 is 0 Å². The molecular weight excluding hydrogens is 282 g/mol. The first-order chi connectivity index (χ1) is 8.13. The molecule has 1 rings (SSSR count). The van der Waals surface area contributed by atoms with Crippen LogP contribution >= 0.6 is 15.9 Å². The average molecular weight is 302 g/mol. The Kier molecular flexibility index (Phi) is 6.55. The van der Waals surface area contributed by atoms with Crippen molar-refractivity contribution in [2.75, 3.05) is 19.8 Å². The van der Waals surface area contributed by atoms with E-state index in [1.165, 1.54) is 0 Å². The first kappa shape index (κ1) is 14.5. The maximum absolute atomic E-state index is 8.99. The maximum Gasteiger partial charge on any atom is 0.120 e. The predicted octanol–water partition coefficient (Wildman–Crippen LogP) is 2.43. The zero-order valence-corrected chi connectivity index (χ0v) is 11.9. The van der Waals surface area contributed by atoms with Gasteiger partial charge in [0.1, 0.15) is 12.4 Å². The fraction of sp³-hybridized carbons (Fsp3) is 0.538. The summed E-state index contributed by atoms with van der Waals surface area (Å²) in [6.07, 6.45) is 0. The second-order valence-corrected chi connectivity index (χ2v) is 5.12. The van der Waals surface area contributed by atoms with Crippen LogP contribution in [0.2, 0.25) is 0 Å². The van der Waals surface area contributed by atoms with Crippen molar-refractivity contribution < 1.29 is 9.84 Å². The van der Waals surface area contributed by atoms with Gasteiger partial charge in [-0.25, -0.2) is 0 Å². The average Bonchev–Trinajstić information content (AvgIpc) is 2.33. The third-order valence-electron chi connectivity index (χ3n) is 2.77. The monoisotopic (exact) mass is 301 g/mol. The standard InChI is InChI=1S/C13H20BrNO2/c1-10(9-16)11(2)15-6-7-17-13-5-3-4-12(14)8-13/h3-5,8,10-11,15-16H,6-7,9H2,1-2H3. The molecule has 96 valence electrons. The van der Waals surface area contributed by atoms with E-state index in [0.29, 0.717) is 12.6 Å².